The molecular weight excluding hydrogens is 218 g/mol. The number of aromatic nitrogens is 1. The fourth-order valence-electron chi connectivity index (χ4n) is 0.889. The highest BCUT2D eigenvalue weighted by Crippen LogP contribution is 2.21. The van der Waals surface area contributed by atoms with Gasteiger partial charge in [-0.15, -0.1) is 0 Å². The van der Waals surface area contributed by atoms with Crippen LogP contribution in [-0.4, -0.2) is 4.98 Å². The van der Waals surface area contributed by atoms with E-state index in [4.69, 9.17) is 0 Å². The molecule has 0 saturated heterocycles. The molecule has 66 valence electrons. The van der Waals surface area contributed by atoms with Crippen molar-refractivity contribution in [3.05, 3.63) is 32.7 Å². The van der Waals surface area contributed by atoms with Gasteiger partial charge in [0.05, 0.1) is 4.47 Å². The SMILES string of the molecule is CC(C)(C)c1c[nH]c(=O)c(Br)c1. The van der Waals surface area contributed by atoms with Crippen molar-refractivity contribution in [3.8, 4) is 0 Å². The number of hydrogen-bond acceptors (Lipinski definition) is 1. The molecule has 0 atom stereocenters. The van der Waals surface area contributed by atoms with E-state index in [0.717, 1.165) is 5.56 Å². The molecule has 0 saturated carbocycles. The number of aromatic amines is 1. The van der Waals surface area contributed by atoms with Crippen LogP contribution in [0.4, 0.5) is 0 Å². The predicted octanol–water partition coefficient (Wildman–Crippen LogP) is 2.43. The minimum Gasteiger partial charge on any atom is -0.328 e. The van der Waals surface area contributed by atoms with Crippen molar-refractivity contribution in [1.29, 1.82) is 0 Å². The van der Waals surface area contributed by atoms with Gasteiger partial charge in [0.25, 0.3) is 5.56 Å². The van der Waals surface area contributed by atoms with E-state index in [2.05, 4.69) is 41.7 Å². The molecule has 0 unspecified atom stereocenters. The molecular formula is C9H12BrNO. The Balaban J connectivity index is 3.23. The maximum atomic E-state index is 11.0. The minimum absolute atomic E-state index is 0.0761. The van der Waals surface area contributed by atoms with E-state index in [-0.39, 0.29) is 11.0 Å². The summed E-state index contributed by atoms with van der Waals surface area (Å²) in [7, 11) is 0. The molecule has 1 aromatic heterocycles. The van der Waals surface area contributed by atoms with Crippen LogP contribution < -0.4 is 5.56 Å². The Morgan fingerprint density at radius 2 is 2.00 bits per heavy atom. The first-order chi connectivity index (χ1) is 5.41. The third kappa shape index (κ3) is 1.97. The summed E-state index contributed by atoms with van der Waals surface area (Å²) in [6, 6.07) is 1.86. The Hall–Kier alpha value is -0.570. The summed E-state index contributed by atoms with van der Waals surface area (Å²) in [5, 5.41) is 0. The van der Waals surface area contributed by atoms with Crippen LogP contribution in [0.15, 0.2) is 21.5 Å². The summed E-state index contributed by atoms with van der Waals surface area (Å²) >= 11 is 3.19. The molecule has 0 aliphatic rings. The highest BCUT2D eigenvalue weighted by Gasteiger charge is 2.14. The molecule has 0 bridgehead atoms. The third-order valence-electron chi connectivity index (χ3n) is 1.72. The van der Waals surface area contributed by atoms with E-state index in [1.165, 1.54) is 0 Å². The molecule has 1 N–H and O–H groups in total. The monoisotopic (exact) mass is 229 g/mol. The lowest BCUT2D eigenvalue weighted by Crippen LogP contribution is -2.15. The summed E-state index contributed by atoms with van der Waals surface area (Å²) in [4.78, 5) is 13.7. The lowest BCUT2D eigenvalue weighted by molar-refractivity contribution is 0.586. The molecule has 1 heterocycles. The van der Waals surface area contributed by atoms with Crippen molar-refractivity contribution in [3.63, 3.8) is 0 Å². The maximum Gasteiger partial charge on any atom is 0.262 e. The summed E-state index contributed by atoms with van der Waals surface area (Å²) in [6.45, 7) is 6.31. The molecule has 1 aromatic rings. The first kappa shape index (κ1) is 9.52. The van der Waals surface area contributed by atoms with Gasteiger partial charge in [0, 0.05) is 6.20 Å². The second-order valence-electron chi connectivity index (χ2n) is 3.82. The first-order valence-electron chi connectivity index (χ1n) is 3.80. The average molecular weight is 230 g/mol. The Bertz CT molecular complexity index is 335. The van der Waals surface area contributed by atoms with Crippen molar-refractivity contribution >= 4 is 15.9 Å². The standard InChI is InChI=1S/C9H12BrNO/c1-9(2,3)6-4-7(10)8(12)11-5-6/h4-5H,1-3H3,(H,11,12). The highest BCUT2D eigenvalue weighted by atomic mass is 79.9. The molecule has 0 aromatic carbocycles. The molecule has 0 aliphatic heterocycles. The largest absolute Gasteiger partial charge is 0.328 e. The zero-order valence-electron chi connectivity index (χ0n) is 7.44. The van der Waals surface area contributed by atoms with Crippen molar-refractivity contribution < 1.29 is 0 Å². The van der Waals surface area contributed by atoms with E-state index < -0.39 is 0 Å². The van der Waals surface area contributed by atoms with Crippen molar-refractivity contribution in [2.45, 2.75) is 26.2 Å². The van der Waals surface area contributed by atoms with Gasteiger partial charge in [-0.05, 0) is 33.0 Å². The zero-order valence-corrected chi connectivity index (χ0v) is 9.03. The third-order valence-corrected chi connectivity index (χ3v) is 2.31. The second-order valence-corrected chi connectivity index (χ2v) is 4.67. The Morgan fingerprint density at radius 3 is 2.42 bits per heavy atom. The van der Waals surface area contributed by atoms with Crippen molar-refractivity contribution in [1.82, 2.24) is 4.98 Å². The van der Waals surface area contributed by atoms with Gasteiger partial charge in [-0.3, -0.25) is 4.79 Å². The second kappa shape index (κ2) is 3.05. The van der Waals surface area contributed by atoms with Crippen LogP contribution in [0.5, 0.6) is 0 Å². The zero-order chi connectivity index (χ0) is 9.35. The number of pyridine rings is 1. The normalized spacial score (nSPS) is 11.7. The Morgan fingerprint density at radius 1 is 1.42 bits per heavy atom. The van der Waals surface area contributed by atoms with Gasteiger partial charge >= 0.3 is 0 Å². The van der Waals surface area contributed by atoms with E-state index in [0.29, 0.717) is 4.47 Å². The fraction of sp³-hybridized carbons (Fsp3) is 0.444. The van der Waals surface area contributed by atoms with Gasteiger partial charge in [-0.2, -0.15) is 0 Å². The molecule has 0 amide bonds. The smallest absolute Gasteiger partial charge is 0.262 e. The first-order valence-corrected chi connectivity index (χ1v) is 4.59. The van der Waals surface area contributed by atoms with Crippen molar-refractivity contribution in [2.75, 3.05) is 0 Å². The Labute approximate surface area is 80.1 Å². The number of nitrogens with one attached hydrogen (secondary N) is 1. The lowest BCUT2D eigenvalue weighted by Gasteiger charge is -2.18. The van der Waals surface area contributed by atoms with E-state index in [1.807, 2.05) is 6.07 Å². The molecule has 0 aliphatic carbocycles. The van der Waals surface area contributed by atoms with Crippen molar-refractivity contribution in [2.24, 2.45) is 0 Å². The van der Waals surface area contributed by atoms with Crippen LogP contribution in [0.25, 0.3) is 0 Å². The fourth-order valence-corrected chi connectivity index (χ4v) is 1.25. The quantitative estimate of drug-likeness (QED) is 0.729. The molecule has 0 fully saturated rings. The molecule has 0 spiro atoms. The summed E-state index contributed by atoms with van der Waals surface area (Å²) in [5.74, 6) is 0. The minimum atomic E-state index is -0.0806. The average Bonchev–Trinajstić information content (AvgIpc) is 1.92. The lowest BCUT2D eigenvalue weighted by atomic mass is 9.88. The van der Waals surface area contributed by atoms with Crippen LogP contribution in [0.1, 0.15) is 26.3 Å². The van der Waals surface area contributed by atoms with E-state index in [9.17, 15) is 4.79 Å². The number of rotatable bonds is 0. The summed E-state index contributed by atoms with van der Waals surface area (Å²) in [5.41, 5.74) is 1.11. The van der Waals surface area contributed by atoms with Crippen LogP contribution in [0.2, 0.25) is 0 Å². The predicted molar refractivity (Wildman–Crippen MR) is 53.5 cm³/mol. The summed E-state index contributed by atoms with van der Waals surface area (Å²) < 4.78 is 0.593. The highest BCUT2D eigenvalue weighted by molar-refractivity contribution is 9.10. The molecule has 3 heteroatoms. The van der Waals surface area contributed by atoms with Gasteiger partial charge in [0.2, 0.25) is 0 Å². The number of hydrogen-bond donors (Lipinski definition) is 1. The van der Waals surface area contributed by atoms with Gasteiger partial charge < -0.3 is 4.98 Å². The molecule has 2 nitrogen and oxygen atoms in total. The van der Waals surface area contributed by atoms with E-state index in [1.54, 1.807) is 6.20 Å². The number of H-pyrrole nitrogens is 1. The maximum absolute atomic E-state index is 11.0. The van der Waals surface area contributed by atoms with Crippen LogP contribution >= 0.6 is 15.9 Å². The number of halogens is 1. The van der Waals surface area contributed by atoms with Gasteiger partial charge in [0.15, 0.2) is 0 Å². The van der Waals surface area contributed by atoms with Gasteiger partial charge in [0.1, 0.15) is 0 Å². The van der Waals surface area contributed by atoms with Crippen LogP contribution in [0, 0.1) is 0 Å². The van der Waals surface area contributed by atoms with Gasteiger partial charge in [-0.1, -0.05) is 20.8 Å². The van der Waals surface area contributed by atoms with E-state index >= 15 is 0 Å². The Kier molecular flexibility index (Phi) is 2.42. The van der Waals surface area contributed by atoms with Crippen LogP contribution in [-0.2, 0) is 5.41 Å². The van der Waals surface area contributed by atoms with Gasteiger partial charge in [-0.25, -0.2) is 0 Å². The molecule has 12 heavy (non-hydrogen) atoms. The molecule has 1 rings (SSSR count). The topological polar surface area (TPSA) is 32.9 Å². The summed E-state index contributed by atoms with van der Waals surface area (Å²) in [6.07, 6.45) is 1.76. The molecule has 0 radical (unpaired) electrons. The van der Waals surface area contributed by atoms with Crippen LogP contribution in [0.3, 0.4) is 0 Å².